The van der Waals surface area contributed by atoms with Crippen molar-refractivity contribution in [2.75, 3.05) is 30.3 Å². The topological polar surface area (TPSA) is 202 Å². The average molecular weight is 742 g/mol. The maximum Gasteiger partial charge on any atom is 0.309 e. The second-order valence-corrected chi connectivity index (χ2v) is 15.9. The third kappa shape index (κ3) is 11.5. The largest absolute Gasteiger partial charge is 0.382 e. The zero-order chi connectivity index (χ0) is 34.3. The molecule has 1 fully saturated rings. The fraction of sp³-hybridized carbons (Fsp3) is 0.407. The van der Waals surface area contributed by atoms with Crippen molar-refractivity contribution in [3.8, 4) is 22.8 Å². The molecule has 19 heteroatoms. The zero-order valence-corrected chi connectivity index (χ0v) is 28.8. The molecule has 0 radical (unpaired) electrons. The molecule has 2 heterocycles. The highest BCUT2D eigenvalue weighted by Crippen LogP contribution is 2.33. The third-order valence-corrected chi connectivity index (χ3v) is 10.1. The van der Waals surface area contributed by atoms with Crippen molar-refractivity contribution in [3.63, 3.8) is 0 Å². The predicted molar refractivity (Wildman–Crippen MR) is 174 cm³/mol. The molecule has 4 rings (SSSR count). The van der Waals surface area contributed by atoms with Crippen LogP contribution in [0, 0.1) is 6.92 Å². The van der Waals surface area contributed by atoms with E-state index in [-0.39, 0.29) is 23.1 Å². The number of aromatic nitrogens is 2. The molecular weight excluding hydrogens is 707 g/mol. The number of nitrogens with one attached hydrogen (secondary N) is 1. The van der Waals surface area contributed by atoms with Crippen LogP contribution in [0.5, 0.6) is 5.75 Å². The molecule has 46 heavy (non-hydrogen) atoms. The van der Waals surface area contributed by atoms with Crippen molar-refractivity contribution in [1.82, 2.24) is 20.0 Å². The Morgan fingerprint density at radius 1 is 0.913 bits per heavy atom. The average Bonchev–Trinajstić information content (AvgIpc) is 3.29. The van der Waals surface area contributed by atoms with E-state index in [1.54, 1.807) is 49.4 Å². The van der Waals surface area contributed by atoms with Gasteiger partial charge in [-0.1, -0.05) is 36.5 Å². The van der Waals surface area contributed by atoms with Crippen LogP contribution in [0.3, 0.4) is 0 Å². The summed E-state index contributed by atoms with van der Waals surface area (Å²) in [4.78, 5) is 17.9. The first-order valence-corrected chi connectivity index (χ1v) is 19.5. The van der Waals surface area contributed by atoms with Gasteiger partial charge in [-0.15, -0.1) is 0 Å². The lowest BCUT2D eigenvalue weighted by atomic mass is 10.2. The van der Waals surface area contributed by atoms with Gasteiger partial charge in [0.05, 0.1) is 28.0 Å². The van der Waals surface area contributed by atoms with Crippen LogP contribution in [0.4, 0.5) is 0 Å². The second-order valence-electron chi connectivity index (χ2n) is 10.2. The number of carbonyl (C=O) groups excluding carboxylic acids is 1. The molecule has 0 bridgehead atoms. The van der Waals surface area contributed by atoms with Crippen molar-refractivity contribution in [1.29, 1.82) is 0 Å². The van der Waals surface area contributed by atoms with E-state index in [4.69, 9.17) is 36.5 Å². The first kappa shape index (κ1) is 37.7. The molecule has 0 spiro atoms. The van der Waals surface area contributed by atoms with Crippen LogP contribution in [0.15, 0.2) is 42.5 Å². The van der Waals surface area contributed by atoms with Gasteiger partial charge in [0.1, 0.15) is 11.6 Å². The number of piperidine rings is 1. The van der Waals surface area contributed by atoms with Gasteiger partial charge in [0.15, 0.2) is 5.69 Å². The van der Waals surface area contributed by atoms with Crippen molar-refractivity contribution >= 4 is 59.5 Å². The molecular formula is C27H34Cl2N4O10S3. The number of benzene rings is 2. The Labute approximate surface area is 278 Å². The molecule has 0 unspecified atom stereocenters. The Balaban J connectivity index is 0.000000498. The van der Waals surface area contributed by atoms with Gasteiger partial charge in [-0.25, -0.2) is 9.99 Å². The van der Waals surface area contributed by atoms with Gasteiger partial charge in [0, 0.05) is 29.4 Å². The SMILES string of the molecule is CCCS(=O)(=O)Oc1ccc(-n2c(-c3ccc(Cl)cc3Cl)nc(C(=O)NN3CCCCC3)c2C)cc1.O=S(=O)(O)CCS(=O)(=O)O. The lowest BCUT2D eigenvalue weighted by Crippen LogP contribution is -2.45. The summed E-state index contributed by atoms with van der Waals surface area (Å²) in [5.74, 6) is -1.66. The molecule has 3 N–H and O–H groups in total. The molecule has 1 amide bonds. The molecule has 1 aliphatic rings. The molecule has 0 saturated carbocycles. The van der Waals surface area contributed by atoms with Gasteiger partial charge in [-0.2, -0.15) is 25.3 Å². The quantitative estimate of drug-likeness (QED) is 0.187. The van der Waals surface area contributed by atoms with Crippen molar-refractivity contribution in [2.45, 2.75) is 39.5 Å². The Bertz CT molecular complexity index is 1830. The maximum atomic E-state index is 13.2. The predicted octanol–water partition coefficient (Wildman–Crippen LogP) is 4.17. The minimum Gasteiger partial charge on any atom is -0.382 e. The monoisotopic (exact) mass is 740 g/mol. The summed E-state index contributed by atoms with van der Waals surface area (Å²) < 4.78 is 86.5. The van der Waals surface area contributed by atoms with E-state index in [0.717, 1.165) is 32.4 Å². The molecule has 14 nitrogen and oxygen atoms in total. The number of imidazole rings is 1. The number of halogens is 2. The van der Waals surface area contributed by atoms with Crippen molar-refractivity contribution in [2.24, 2.45) is 0 Å². The van der Waals surface area contributed by atoms with E-state index in [0.29, 0.717) is 39.2 Å². The lowest BCUT2D eigenvalue weighted by Gasteiger charge is -2.26. The summed E-state index contributed by atoms with van der Waals surface area (Å²) in [6.07, 6.45) is 3.67. The van der Waals surface area contributed by atoms with E-state index in [1.807, 2.05) is 16.5 Å². The third-order valence-electron chi connectivity index (χ3n) is 6.48. The summed E-state index contributed by atoms with van der Waals surface area (Å²) in [5.41, 5.74) is 5.12. The summed E-state index contributed by atoms with van der Waals surface area (Å²) in [7, 11) is -12.3. The van der Waals surface area contributed by atoms with E-state index in [2.05, 4.69) is 10.4 Å². The molecule has 1 aromatic heterocycles. The molecule has 254 valence electrons. The number of rotatable bonds is 11. The highest BCUT2D eigenvalue weighted by Gasteiger charge is 2.25. The van der Waals surface area contributed by atoms with Crippen LogP contribution in [-0.2, 0) is 30.4 Å². The number of nitrogens with zero attached hydrogens (tertiary/aromatic N) is 3. The van der Waals surface area contributed by atoms with Crippen molar-refractivity contribution in [3.05, 3.63) is 63.9 Å². The van der Waals surface area contributed by atoms with Gasteiger partial charge in [-0.3, -0.25) is 23.9 Å². The highest BCUT2D eigenvalue weighted by atomic mass is 35.5. The molecule has 2 aromatic carbocycles. The Morgan fingerprint density at radius 3 is 2.02 bits per heavy atom. The van der Waals surface area contributed by atoms with Gasteiger partial charge >= 0.3 is 10.1 Å². The number of hydrogen-bond acceptors (Lipinski definition) is 10. The summed E-state index contributed by atoms with van der Waals surface area (Å²) in [6, 6.07) is 11.7. The van der Waals surface area contributed by atoms with Crippen LogP contribution in [-0.4, -0.2) is 85.2 Å². The lowest BCUT2D eigenvalue weighted by molar-refractivity contribution is 0.0744. The Kier molecular flexibility index (Phi) is 13.0. The number of amides is 1. The van der Waals surface area contributed by atoms with Crippen LogP contribution in [0.25, 0.3) is 17.1 Å². The van der Waals surface area contributed by atoms with Gasteiger partial charge in [0.25, 0.3) is 26.1 Å². The summed E-state index contributed by atoms with van der Waals surface area (Å²) in [5, 5.41) is 2.79. The van der Waals surface area contributed by atoms with Gasteiger partial charge in [-0.05, 0) is 68.7 Å². The Hall–Kier alpha value is -2.77. The minimum absolute atomic E-state index is 0.0654. The second kappa shape index (κ2) is 15.9. The van der Waals surface area contributed by atoms with E-state index < -0.39 is 41.9 Å². The van der Waals surface area contributed by atoms with E-state index in [1.165, 1.54) is 0 Å². The summed E-state index contributed by atoms with van der Waals surface area (Å²) >= 11 is 12.6. The first-order chi connectivity index (χ1) is 21.4. The van der Waals surface area contributed by atoms with Crippen molar-refractivity contribution < 1.29 is 43.3 Å². The fourth-order valence-electron chi connectivity index (χ4n) is 4.39. The smallest absolute Gasteiger partial charge is 0.309 e. The Morgan fingerprint density at radius 2 is 1.50 bits per heavy atom. The maximum absolute atomic E-state index is 13.2. The standard InChI is InChI=1S/C25H28Cl2N4O4S.C2H6O6S2/c1-3-15-36(33,34)35-20-10-8-19(9-11-20)31-17(2)23(25(32)29-30-13-5-4-6-14-30)28-24(31)21-12-7-18(26)16-22(21)27;3-9(4,5)1-2-10(6,7)8/h7-12,16H,3-6,13-15H2,1-2H3,(H,29,32);1-2H2,(H,3,4,5)(H,6,7,8). The van der Waals surface area contributed by atoms with Crippen LogP contribution in [0.1, 0.15) is 48.8 Å². The van der Waals surface area contributed by atoms with E-state index in [9.17, 15) is 30.0 Å². The number of hydrazine groups is 1. The highest BCUT2D eigenvalue weighted by molar-refractivity contribution is 7.89. The molecule has 3 aromatic rings. The van der Waals surface area contributed by atoms with Crippen LogP contribution < -0.4 is 9.61 Å². The molecule has 0 atom stereocenters. The molecule has 1 saturated heterocycles. The number of carbonyl (C=O) groups is 1. The normalized spacial score (nSPS) is 14.3. The molecule has 1 aliphatic heterocycles. The molecule has 0 aliphatic carbocycles. The van der Waals surface area contributed by atoms with Gasteiger partial charge < -0.3 is 4.18 Å². The summed E-state index contributed by atoms with van der Waals surface area (Å²) in [6.45, 7) is 5.17. The minimum atomic E-state index is -4.30. The van der Waals surface area contributed by atoms with Gasteiger partial charge in [0.2, 0.25) is 0 Å². The van der Waals surface area contributed by atoms with Crippen LogP contribution >= 0.6 is 23.2 Å². The number of hydrogen-bond donors (Lipinski definition) is 3. The zero-order valence-electron chi connectivity index (χ0n) is 24.9. The van der Waals surface area contributed by atoms with Crippen LogP contribution in [0.2, 0.25) is 10.0 Å². The fourth-order valence-corrected chi connectivity index (χ4v) is 7.55. The van der Waals surface area contributed by atoms with E-state index >= 15 is 0 Å². The first-order valence-electron chi connectivity index (χ1n) is 13.9.